The smallest absolute Gasteiger partial charge is 1.00 e. The van der Waals surface area contributed by atoms with Crippen LogP contribution >= 0.6 is 12.4 Å². The largest absolute Gasteiger partial charge is 1.00 e. The van der Waals surface area contributed by atoms with E-state index in [1.165, 1.54) is 0 Å². The van der Waals surface area contributed by atoms with Gasteiger partial charge in [0.15, 0.2) is 0 Å². The van der Waals surface area contributed by atoms with Crippen molar-refractivity contribution in [3.63, 3.8) is 0 Å². The predicted molar refractivity (Wildman–Crippen MR) is 66.9 cm³/mol. The Morgan fingerprint density at radius 2 is 0.750 bits per heavy atom. The quantitative estimate of drug-likeness (QED) is 0.261. The van der Waals surface area contributed by atoms with E-state index in [2.05, 4.69) is 0 Å². The monoisotopic (exact) mass is 254 g/mol. The van der Waals surface area contributed by atoms with Gasteiger partial charge in [-0.3, -0.25) is 0 Å². The van der Waals surface area contributed by atoms with Crippen molar-refractivity contribution in [2.75, 3.05) is 22.9 Å². The maximum atomic E-state index is 5.43. The van der Waals surface area contributed by atoms with Crippen LogP contribution in [0.4, 0.5) is 22.7 Å². The topological polar surface area (TPSA) is 230 Å². The zero-order valence-electron chi connectivity index (χ0n) is 9.87. The molecule has 8 nitrogen and oxygen atoms in total. The van der Waals surface area contributed by atoms with E-state index in [1.807, 2.05) is 0 Å². The number of rotatable bonds is 0. The van der Waals surface area contributed by atoms with Gasteiger partial charge in [0, 0.05) is 0 Å². The van der Waals surface area contributed by atoms with Gasteiger partial charge >= 0.3 is 18.9 Å². The van der Waals surface area contributed by atoms with Crippen molar-refractivity contribution in [2.45, 2.75) is 0 Å². The molecule has 0 saturated carbocycles. The molecule has 0 bridgehead atoms. The van der Waals surface area contributed by atoms with Crippen LogP contribution in [-0.2, 0) is 0 Å². The Morgan fingerprint density at radius 1 is 0.625 bits per heavy atom. The summed E-state index contributed by atoms with van der Waals surface area (Å²) in [5, 5.41) is 0. The van der Waals surface area contributed by atoms with Crippen LogP contribution in [0.2, 0.25) is 0 Å². The van der Waals surface area contributed by atoms with Crippen LogP contribution in [0.1, 0.15) is 1.43 Å². The van der Waals surface area contributed by atoms with E-state index >= 15 is 0 Å². The Morgan fingerprint density at radius 3 is 0.875 bits per heavy atom. The number of hydrogen-bond donors (Lipinski definition) is 4. The average Bonchev–Trinajstić information content (AvgIpc) is 1.84. The van der Waals surface area contributed by atoms with E-state index in [-0.39, 0.29) is 54.6 Å². The third kappa shape index (κ3) is 8.46. The Bertz CT molecular complexity index is 234. The number of hydrogen-bond acceptors (Lipinski definition) is 4. The molecular weight excluding hydrogens is 234 g/mol. The molecule has 0 radical (unpaired) electrons. The molecule has 0 aliphatic rings. The van der Waals surface area contributed by atoms with Crippen molar-refractivity contribution < 1.29 is 42.2 Å². The Hall–Kier alpha value is -0.853. The molecule has 0 atom stereocenters. The summed E-state index contributed by atoms with van der Waals surface area (Å²) in [5.74, 6) is 0. The summed E-state index contributed by atoms with van der Waals surface area (Å²) in [7, 11) is 0. The number of benzene rings is 1. The first-order valence-electron chi connectivity index (χ1n) is 2.81. The molecule has 0 spiro atoms. The fourth-order valence-electron chi connectivity index (χ4n) is 0.668. The average molecular weight is 255 g/mol. The molecule has 1 aromatic carbocycles. The fourth-order valence-corrected chi connectivity index (χ4v) is 0.668. The standard InChI is InChI=1S/C6H10N4.ClH.Li.4H2O.H/c7-3-1-4(8)6(10)2-5(3)9;;;;;;;/h1-2H,7-10H2;1H;;4*1H2;/q;;+1;;;;;-1. The SMILES string of the molecule is Cl.Nc1cc(N)c(N)cc1N.O.O.O.O.[H-].[Li+]. The zero-order valence-corrected chi connectivity index (χ0v) is 9.69. The molecule has 0 fully saturated rings. The van der Waals surface area contributed by atoms with Gasteiger partial charge in [-0.05, 0) is 12.1 Å². The summed E-state index contributed by atoms with van der Waals surface area (Å²) in [5.41, 5.74) is 23.6. The van der Waals surface area contributed by atoms with E-state index < -0.39 is 0 Å². The van der Waals surface area contributed by atoms with Gasteiger partial charge in [-0.15, -0.1) is 12.4 Å². The van der Waals surface area contributed by atoms with Crippen LogP contribution in [0, 0.1) is 0 Å². The third-order valence-corrected chi connectivity index (χ3v) is 1.29. The molecule has 0 unspecified atom stereocenters. The number of anilines is 4. The molecule has 16 N–H and O–H groups in total. The number of halogens is 1. The minimum absolute atomic E-state index is 0. The summed E-state index contributed by atoms with van der Waals surface area (Å²) in [6.45, 7) is 0. The zero-order chi connectivity index (χ0) is 7.72. The van der Waals surface area contributed by atoms with E-state index in [0.717, 1.165) is 0 Å². The van der Waals surface area contributed by atoms with Crippen molar-refractivity contribution >= 4 is 35.2 Å². The second-order valence-corrected chi connectivity index (χ2v) is 2.11. The van der Waals surface area contributed by atoms with Gasteiger partial charge in [0.2, 0.25) is 0 Å². The predicted octanol–water partition coefficient (Wildman–Crippen LogP) is -5.75. The van der Waals surface area contributed by atoms with E-state index in [9.17, 15) is 0 Å². The maximum absolute atomic E-state index is 5.43. The van der Waals surface area contributed by atoms with Gasteiger partial charge < -0.3 is 46.3 Å². The first-order chi connectivity index (χ1) is 4.61. The summed E-state index contributed by atoms with van der Waals surface area (Å²) >= 11 is 0. The molecule has 0 heterocycles. The molecule has 0 aliphatic heterocycles. The van der Waals surface area contributed by atoms with Gasteiger partial charge in [-0.25, -0.2) is 0 Å². The Labute approximate surface area is 113 Å². The molecule has 10 heteroatoms. The van der Waals surface area contributed by atoms with Gasteiger partial charge in [0.1, 0.15) is 0 Å². The van der Waals surface area contributed by atoms with Crippen LogP contribution in [0.15, 0.2) is 12.1 Å². The molecule has 1 aromatic rings. The van der Waals surface area contributed by atoms with Crippen LogP contribution in [0.3, 0.4) is 0 Å². The van der Waals surface area contributed by atoms with Crippen molar-refractivity contribution in [1.82, 2.24) is 0 Å². The molecule has 96 valence electrons. The van der Waals surface area contributed by atoms with Gasteiger partial charge in [-0.1, -0.05) is 0 Å². The molecule has 0 saturated heterocycles. The molecule has 0 amide bonds. The number of nitrogen functional groups attached to an aromatic ring is 4. The maximum Gasteiger partial charge on any atom is 1.00 e. The first kappa shape index (κ1) is 36.2. The van der Waals surface area contributed by atoms with Crippen molar-refractivity contribution in [2.24, 2.45) is 0 Å². The van der Waals surface area contributed by atoms with Crippen molar-refractivity contribution in [1.29, 1.82) is 0 Å². The van der Waals surface area contributed by atoms with Gasteiger partial charge in [0.25, 0.3) is 0 Å². The second kappa shape index (κ2) is 14.1. The van der Waals surface area contributed by atoms with Crippen LogP contribution in [-0.4, -0.2) is 21.9 Å². The molecule has 0 aliphatic carbocycles. The van der Waals surface area contributed by atoms with Crippen LogP contribution in [0.25, 0.3) is 0 Å². The summed E-state index contributed by atoms with van der Waals surface area (Å²) in [4.78, 5) is 0. The molecule has 1 rings (SSSR count). The normalized spacial score (nSPS) is 6.00. The number of nitrogens with two attached hydrogens (primary N) is 4. The van der Waals surface area contributed by atoms with Crippen molar-refractivity contribution in [3.05, 3.63) is 12.1 Å². The summed E-state index contributed by atoms with van der Waals surface area (Å²) in [6, 6.07) is 3.09. The second-order valence-electron chi connectivity index (χ2n) is 2.11. The Balaban J connectivity index is -0.0000000286. The minimum atomic E-state index is 0. The van der Waals surface area contributed by atoms with Gasteiger partial charge in [-0.2, -0.15) is 0 Å². The van der Waals surface area contributed by atoms with Crippen LogP contribution in [0.5, 0.6) is 0 Å². The first-order valence-corrected chi connectivity index (χ1v) is 2.81. The minimum Gasteiger partial charge on any atom is -1.00 e. The third-order valence-electron chi connectivity index (χ3n) is 1.29. The van der Waals surface area contributed by atoms with E-state index in [0.29, 0.717) is 22.7 Å². The van der Waals surface area contributed by atoms with E-state index in [4.69, 9.17) is 22.9 Å². The fraction of sp³-hybridized carbons (Fsp3) is 0. The van der Waals surface area contributed by atoms with Gasteiger partial charge in [0.05, 0.1) is 22.7 Å². The Kier molecular flexibility index (Phi) is 32.0. The van der Waals surface area contributed by atoms with E-state index in [1.54, 1.807) is 12.1 Å². The molecule has 0 aromatic heterocycles. The van der Waals surface area contributed by atoms with Crippen molar-refractivity contribution in [3.8, 4) is 0 Å². The summed E-state index contributed by atoms with van der Waals surface area (Å²) < 4.78 is 0. The molecule has 16 heavy (non-hydrogen) atoms. The molecular formula is C6H20ClLiN4O4. The summed E-state index contributed by atoms with van der Waals surface area (Å²) in [6.07, 6.45) is 0. The van der Waals surface area contributed by atoms with Crippen LogP contribution < -0.4 is 41.8 Å².